The molecule has 13 heteroatoms. The van der Waals surface area contributed by atoms with Gasteiger partial charge in [0.15, 0.2) is 0 Å². The SMILES string of the molecule is CCCCOCC(N)(CO)COCCOc1cc(CCP(=O)(O)O)cc(CCP(=O)(O)O)c1. The van der Waals surface area contributed by atoms with Gasteiger partial charge in [-0.1, -0.05) is 19.4 Å². The molecule has 1 atom stereocenters. The summed E-state index contributed by atoms with van der Waals surface area (Å²) >= 11 is 0. The van der Waals surface area contributed by atoms with Gasteiger partial charge < -0.3 is 44.6 Å². The van der Waals surface area contributed by atoms with E-state index in [9.17, 15) is 14.2 Å². The molecule has 0 aliphatic carbocycles. The number of hydrogen-bond acceptors (Lipinski definition) is 7. The van der Waals surface area contributed by atoms with Gasteiger partial charge in [-0.15, -0.1) is 0 Å². The van der Waals surface area contributed by atoms with Crippen LogP contribution in [0.3, 0.4) is 0 Å². The summed E-state index contributed by atoms with van der Waals surface area (Å²) in [5.41, 5.74) is 6.23. The maximum absolute atomic E-state index is 11.2. The van der Waals surface area contributed by atoms with E-state index >= 15 is 0 Å². The number of unbranched alkanes of at least 4 members (excludes halogenated alkanes) is 1. The van der Waals surface area contributed by atoms with Gasteiger partial charge in [0, 0.05) is 6.61 Å². The molecule has 0 fully saturated rings. The lowest BCUT2D eigenvalue weighted by molar-refractivity contribution is -0.00846. The van der Waals surface area contributed by atoms with Crippen LogP contribution in [0.1, 0.15) is 30.9 Å². The van der Waals surface area contributed by atoms with E-state index in [0.29, 0.717) is 23.5 Å². The highest BCUT2D eigenvalue weighted by Crippen LogP contribution is 2.37. The van der Waals surface area contributed by atoms with E-state index in [2.05, 4.69) is 0 Å². The first-order valence-corrected chi connectivity index (χ1v) is 14.4. The zero-order valence-electron chi connectivity index (χ0n) is 19.0. The average Bonchev–Trinajstić information content (AvgIpc) is 2.73. The minimum absolute atomic E-state index is 0.0643. The fourth-order valence-electron chi connectivity index (χ4n) is 2.80. The van der Waals surface area contributed by atoms with Gasteiger partial charge in [0.05, 0.1) is 44.3 Å². The van der Waals surface area contributed by atoms with E-state index in [4.69, 9.17) is 39.5 Å². The highest BCUT2D eigenvalue weighted by atomic mass is 31.2. The highest BCUT2D eigenvalue weighted by Gasteiger charge is 2.25. The van der Waals surface area contributed by atoms with E-state index < -0.39 is 20.7 Å². The van der Waals surface area contributed by atoms with E-state index in [0.717, 1.165) is 12.8 Å². The lowest BCUT2D eigenvalue weighted by Crippen LogP contribution is -2.52. The van der Waals surface area contributed by atoms with Gasteiger partial charge in [0.1, 0.15) is 12.4 Å². The zero-order chi connectivity index (χ0) is 25.0. The van der Waals surface area contributed by atoms with Crippen LogP contribution < -0.4 is 10.5 Å². The van der Waals surface area contributed by atoms with Crippen LogP contribution in [0, 0.1) is 0 Å². The number of ether oxygens (including phenoxy) is 3. The molecule has 1 aromatic carbocycles. The van der Waals surface area contributed by atoms with Crippen molar-refractivity contribution in [2.24, 2.45) is 5.73 Å². The van der Waals surface area contributed by atoms with Gasteiger partial charge in [-0.2, -0.15) is 0 Å². The lowest BCUT2D eigenvalue weighted by atomic mass is 10.1. The molecule has 0 aliphatic heterocycles. The Labute approximate surface area is 194 Å². The molecule has 192 valence electrons. The minimum atomic E-state index is -4.19. The first-order chi connectivity index (χ1) is 15.4. The Morgan fingerprint density at radius 3 is 1.85 bits per heavy atom. The van der Waals surface area contributed by atoms with Crippen LogP contribution in [0.4, 0.5) is 0 Å². The smallest absolute Gasteiger partial charge is 0.325 e. The fraction of sp³-hybridized carbons (Fsp3) is 0.700. The summed E-state index contributed by atoms with van der Waals surface area (Å²) in [6.07, 6.45) is 1.37. The zero-order valence-corrected chi connectivity index (χ0v) is 20.8. The van der Waals surface area contributed by atoms with Gasteiger partial charge in [0.25, 0.3) is 0 Å². The molecule has 33 heavy (non-hydrogen) atoms. The van der Waals surface area contributed by atoms with E-state index in [1.54, 1.807) is 18.2 Å². The summed E-state index contributed by atoms with van der Waals surface area (Å²) < 4.78 is 39.0. The summed E-state index contributed by atoms with van der Waals surface area (Å²) in [6, 6.07) is 4.90. The van der Waals surface area contributed by atoms with Crippen LogP contribution in [0.15, 0.2) is 18.2 Å². The van der Waals surface area contributed by atoms with Crippen molar-refractivity contribution in [2.75, 3.05) is 52.0 Å². The molecule has 0 bridgehead atoms. The van der Waals surface area contributed by atoms with Crippen molar-refractivity contribution < 1.29 is 48.0 Å². The number of rotatable bonds is 18. The van der Waals surface area contributed by atoms with Crippen molar-refractivity contribution in [3.63, 3.8) is 0 Å². The van der Waals surface area contributed by atoms with Gasteiger partial charge >= 0.3 is 15.2 Å². The molecule has 11 nitrogen and oxygen atoms in total. The number of aliphatic hydroxyl groups is 1. The van der Waals surface area contributed by atoms with Crippen molar-refractivity contribution in [2.45, 2.75) is 38.1 Å². The monoisotopic (exact) mass is 513 g/mol. The standard InChI is InChI=1S/C20H37NO10P2/c1-2-3-6-29-15-20(21,14-22)16-30-7-8-31-19-12-17(4-9-32(23,24)25)11-18(13-19)5-10-33(26,27)28/h11-13,22H,2-10,14-16,21H2,1H3,(H2,23,24,25)(H2,26,27,28). The van der Waals surface area contributed by atoms with Gasteiger partial charge in [-0.05, 0) is 42.5 Å². The largest absolute Gasteiger partial charge is 0.491 e. The number of hydrogen-bond donors (Lipinski definition) is 6. The van der Waals surface area contributed by atoms with E-state index in [1.807, 2.05) is 6.92 Å². The summed E-state index contributed by atoms with van der Waals surface area (Å²) in [6.45, 7) is 2.83. The van der Waals surface area contributed by atoms with E-state index in [-0.39, 0.29) is 58.2 Å². The third-order valence-electron chi connectivity index (χ3n) is 4.64. The predicted molar refractivity (Wildman–Crippen MR) is 124 cm³/mol. The summed E-state index contributed by atoms with van der Waals surface area (Å²) in [4.78, 5) is 36.5. The predicted octanol–water partition coefficient (Wildman–Crippen LogP) is 1.03. The van der Waals surface area contributed by atoms with Crippen molar-refractivity contribution in [3.8, 4) is 5.75 Å². The Bertz CT molecular complexity index is 753. The van der Waals surface area contributed by atoms with Gasteiger partial charge in [-0.3, -0.25) is 9.13 Å². The van der Waals surface area contributed by atoms with Crippen molar-refractivity contribution in [3.05, 3.63) is 29.3 Å². The molecule has 0 radical (unpaired) electrons. The highest BCUT2D eigenvalue weighted by molar-refractivity contribution is 7.52. The maximum atomic E-state index is 11.2. The molecule has 0 saturated heterocycles. The third-order valence-corrected chi connectivity index (χ3v) is 6.25. The molecule has 7 N–H and O–H groups in total. The number of aliphatic hydroxyl groups excluding tert-OH is 1. The number of aryl methyl sites for hydroxylation is 2. The Morgan fingerprint density at radius 2 is 1.39 bits per heavy atom. The Balaban J connectivity index is 2.63. The normalized spacial score (nSPS) is 14.3. The third kappa shape index (κ3) is 14.9. The summed E-state index contributed by atoms with van der Waals surface area (Å²) in [7, 11) is -8.39. The van der Waals surface area contributed by atoms with Crippen LogP contribution in [-0.4, -0.2) is 82.2 Å². The molecule has 0 aromatic heterocycles. The van der Waals surface area contributed by atoms with Crippen molar-refractivity contribution >= 4 is 15.2 Å². The van der Waals surface area contributed by atoms with E-state index in [1.165, 1.54) is 0 Å². The molecule has 0 aliphatic rings. The topological polar surface area (TPSA) is 189 Å². The van der Waals surface area contributed by atoms with Crippen LogP contribution in [0.5, 0.6) is 5.75 Å². The second-order valence-electron chi connectivity index (χ2n) is 8.09. The first kappa shape index (κ1) is 30.2. The van der Waals surface area contributed by atoms with Crippen molar-refractivity contribution in [1.82, 2.24) is 0 Å². The molecule has 0 heterocycles. The quantitative estimate of drug-likeness (QED) is 0.121. The molecule has 1 rings (SSSR count). The minimum Gasteiger partial charge on any atom is -0.491 e. The fourth-order valence-corrected chi connectivity index (χ4v) is 3.90. The summed E-state index contributed by atoms with van der Waals surface area (Å²) in [5.74, 6) is 0.395. The number of nitrogens with two attached hydrogens (primary N) is 1. The Hall–Kier alpha value is -0.840. The molecule has 0 amide bonds. The second kappa shape index (κ2) is 14.5. The molecule has 0 saturated carbocycles. The van der Waals surface area contributed by atoms with Gasteiger partial charge in [0.2, 0.25) is 0 Å². The number of benzene rings is 1. The Kier molecular flexibility index (Phi) is 13.3. The van der Waals surface area contributed by atoms with Crippen molar-refractivity contribution in [1.29, 1.82) is 0 Å². The first-order valence-electron chi connectivity index (χ1n) is 10.8. The van der Waals surface area contributed by atoms with Crippen LogP contribution in [-0.2, 0) is 31.4 Å². The Morgan fingerprint density at radius 1 is 0.879 bits per heavy atom. The molecule has 1 unspecified atom stereocenters. The molecular formula is C20H37NO10P2. The molecule has 0 spiro atoms. The van der Waals surface area contributed by atoms with Crippen LogP contribution >= 0.6 is 15.2 Å². The molecular weight excluding hydrogens is 476 g/mol. The van der Waals surface area contributed by atoms with Crippen LogP contribution in [0.2, 0.25) is 0 Å². The second-order valence-corrected chi connectivity index (χ2v) is 11.6. The van der Waals surface area contributed by atoms with Gasteiger partial charge in [-0.25, -0.2) is 0 Å². The molecule has 1 aromatic rings. The average molecular weight is 513 g/mol. The maximum Gasteiger partial charge on any atom is 0.325 e. The lowest BCUT2D eigenvalue weighted by Gasteiger charge is -2.26. The van der Waals surface area contributed by atoms with Crippen LogP contribution in [0.25, 0.3) is 0 Å². The summed E-state index contributed by atoms with van der Waals surface area (Å²) in [5, 5.41) is 9.53.